The molecule has 0 aromatic rings. The van der Waals surface area contributed by atoms with Crippen LogP contribution < -0.4 is 0 Å². The van der Waals surface area contributed by atoms with Gasteiger partial charge in [-0.05, 0) is 51.3 Å². The van der Waals surface area contributed by atoms with E-state index in [1.54, 1.807) is 0 Å². The minimum Gasteiger partial charge on any atom is -0.309 e. The van der Waals surface area contributed by atoms with Crippen molar-refractivity contribution in [2.45, 2.75) is 27.7 Å². The third-order valence-electron chi connectivity index (χ3n) is 1.35. The van der Waals surface area contributed by atoms with Crippen molar-refractivity contribution in [1.82, 2.24) is 0 Å². The van der Waals surface area contributed by atoms with Crippen LogP contribution in [-0.4, -0.2) is 41.1 Å². The first-order valence-corrected chi connectivity index (χ1v) is 12.9. The molecule has 0 fully saturated rings. The van der Waals surface area contributed by atoms with E-state index in [2.05, 4.69) is 0 Å². The molecule has 0 aliphatic rings. The van der Waals surface area contributed by atoms with Crippen LogP contribution in [0.1, 0.15) is 27.7 Å². The van der Waals surface area contributed by atoms with E-state index in [1.807, 2.05) is 27.7 Å². The van der Waals surface area contributed by atoms with Gasteiger partial charge < -0.3 is 32.8 Å². The Morgan fingerprint density at radius 1 is 0.727 bits per heavy atom. The molecule has 0 saturated carbocycles. The molecule has 9 nitrogen and oxygen atoms in total. The summed E-state index contributed by atoms with van der Waals surface area (Å²) in [5.74, 6) is 0. The number of phosphoric acid groups is 1. The SMILES string of the molecule is CCOP(=S)(OCC)OP(=S)(OCC)OCC.O=P(O)(O)O. The summed E-state index contributed by atoms with van der Waals surface area (Å²) < 4.78 is 35.8. The Bertz CT molecular complexity index is 371. The topological polar surface area (TPSA) is 124 Å². The van der Waals surface area contributed by atoms with E-state index in [0.717, 1.165) is 0 Å². The lowest BCUT2D eigenvalue weighted by Crippen LogP contribution is -2.03. The van der Waals surface area contributed by atoms with Crippen molar-refractivity contribution in [3.63, 3.8) is 0 Å². The standard InChI is InChI=1S/C8H20O5P2S2.H3O4P/c1-5-9-14(16,10-6-2)13-15(17,11-7-3)12-8-4;1-5(2,3)4/h5-8H2,1-4H3;(H3,1,2,3,4). The zero-order valence-electron chi connectivity index (χ0n) is 12.8. The van der Waals surface area contributed by atoms with Gasteiger partial charge in [0, 0.05) is 0 Å². The largest absolute Gasteiger partial charge is 0.466 e. The molecule has 0 aromatic heterocycles. The molecule has 0 bridgehead atoms. The van der Waals surface area contributed by atoms with Crippen LogP contribution in [0, 0.1) is 0 Å². The lowest BCUT2D eigenvalue weighted by molar-refractivity contribution is 0.176. The number of hydrogen-bond donors (Lipinski definition) is 3. The average molecular weight is 420 g/mol. The quantitative estimate of drug-likeness (QED) is 0.452. The predicted molar refractivity (Wildman–Crippen MR) is 90.4 cm³/mol. The minimum atomic E-state index is -4.64. The fourth-order valence-electron chi connectivity index (χ4n) is 0.924. The highest BCUT2D eigenvalue weighted by atomic mass is 32.5. The molecule has 3 N–H and O–H groups in total. The molecular weight excluding hydrogens is 397 g/mol. The summed E-state index contributed by atoms with van der Waals surface area (Å²) in [6, 6.07) is 0. The molecule has 0 radical (unpaired) electrons. The third kappa shape index (κ3) is 16.1. The second-order valence-corrected chi connectivity index (χ2v) is 10.3. The second-order valence-electron chi connectivity index (χ2n) is 3.16. The van der Waals surface area contributed by atoms with Crippen LogP contribution in [0.3, 0.4) is 0 Å². The molecule has 0 rings (SSSR count). The summed E-state index contributed by atoms with van der Waals surface area (Å²) >= 11 is 10.4. The zero-order chi connectivity index (χ0) is 17.9. The zero-order valence-corrected chi connectivity index (χ0v) is 17.1. The lowest BCUT2D eigenvalue weighted by atomic mass is 10.9. The van der Waals surface area contributed by atoms with Crippen LogP contribution in [0.4, 0.5) is 0 Å². The smallest absolute Gasteiger partial charge is 0.309 e. The fourth-order valence-corrected chi connectivity index (χ4v) is 7.30. The predicted octanol–water partition coefficient (Wildman–Crippen LogP) is 2.67. The minimum absolute atomic E-state index is 0.394. The molecular formula is C8H23O9P3S2. The van der Waals surface area contributed by atoms with Crippen molar-refractivity contribution >= 4 is 44.9 Å². The molecule has 14 heteroatoms. The van der Waals surface area contributed by atoms with Gasteiger partial charge in [-0.2, -0.15) is 0 Å². The fraction of sp³-hybridized carbons (Fsp3) is 1.00. The van der Waals surface area contributed by atoms with Gasteiger partial charge in [-0.15, -0.1) is 0 Å². The molecule has 22 heavy (non-hydrogen) atoms. The Balaban J connectivity index is 0. The van der Waals surface area contributed by atoms with Gasteiger partial charge in [0.1, 0.15) is 0 Å². The summed E-state index contributed by atoms with van der Waals surface area (Å²) in [6.45, 7) is 3.09. The first kappa shape index (κ1) is 25.5. The van der Waals surface area contributed by atoms with Crippen molar-refractivity contribution in [3.8, 4) is 0 Å². The average Bonchev–Trinajstić information content (AvgIpc) is 2.26. The summed E-state index contributed by atoms with van der Waals surface area (Å²) in [7, 11) is -4.64. The van der Waals surface area contributed by atoms with E-state index < -0.39 is 21.3 Å². The van der Waals surface area contributed by atoms with Crippen LogP contribution in [-0.2, 0) is 50.6 Å². The monoisotopic (exact) mass is 420 g/mol. The van der Waals surface area contributed by atoms with Crippen LogP contribution in [0.15, 0.2) is 0 Å². The highest BCUT2D eigenvalue weighted by Gasteiger charge is 2.31. The molecule has 0 unspecified atom stereocenters. The first-order valence-electron chi connectivity index (χ1n) is 6.23. The highest BCUT2D eigenvalue weighted by molar-refractivity contribution is 8.14. The van der Waals surface area contributed by atoms with Crippen molar-refractivity contribution in [1.29, 1.82) is 0 Å². The van der Waals surface area contributed by atoms with Gasteiger partial charge >= 0.3 is 21.3 Å². The van der Waals surface area contributed by atoms with E-state index in [9.17, 15) is 0 Å². The highest BCUT2D eigenvalue weighted by Crippen LogP contribution is 2.66. The Morgan fingerprint density at radius 3 is 1.05 bits per heavy atom. The summed E-state index contributed by atoms with van der Waals surface area (Å²) in [6.07, 6.45) is 0. The molecule has 0 aromatic carbocycles. The Morgan fingerprint density at radius 2 is 0.909 bits per heavy atom. The first-order chi connectivity index (χ1) is 9.95. The van der Waals surface area contributed by atoms with E-state index in [4.69, 9.17) is 65.3 Å². The van der Waals surface area contributed by atoms with Gasteiger partial charge in [0.25, 0.3) is 0 Å². The molecule has 0 heterocycles. The maximum Gasteiger partial charge on any atom is 0.466 e. The van der Waals surface area contributed by atoms with Crippen LogP contribution in [0.25, 0.3) is 0 Å². The van der Waals surface area contributed by atoms with Crippen LogP contribution in [0.2, 0.25) is 0 Å². The lowest BCUT2D eigenvalue weighted by Gasteiger charge is -2.27. The van der Waals surface area contributed by atoms with Gasteiger partial charge in [-0.1, -0.05) is 0 Å². The molecule has 0 spiro atoms. The molecule has 0 saturated heterocycles. The van der Waals surface area contributed by atoms with E-state index in [-0.39, 0.29) is 0 Å². The second kappa shape index (κ2) is 12.6. The molecule has 0 aliphatic heterocycles. The van der Waals surface area contributed by atoms with Crippen molar-refractivity contribution in [3.05, 3.63) is 0 Å². The van der Waals surface area contributed by atoms with E-state index in [0.29, 0.717) is 26.4 Å². The maximum absolute atomic E-state index is 8.88. The Kier molecular flexibility index (Phi) is 14.5. The molecule has 0 atom stereocenters. The van der Waals surface area contributed by atoms with Gasteiger partial charge in [-0.25, -0.2) is 8.88 Å². The van der Waals surface area contributed by atoms with Crippen molar-refractivity contribution < 1.29 is 41.7 Å². The summed E-state index contributed by atoms with van der Waals surface area (Å²) in [5, 5.41) is 0. The van der Waals surface area contributed by atoms with E-state index >= 15 is 0 Å². The van der Waals surface area contributed by atoms with E-state index in [1.165, 1.54) is 0 Å². The molecule has 0 aliphatic carbocycles. The van der Waals surface area contributed by atoms with Gasteiger partial charge in [0.05, 0.1) is 26.4 Å². The normalized spacial score (nSPS) is 12.7. The summed E-state index contributed by atoms with van der Waals surface area (Å²) in [5.41, 5.74) is 0. The third-order valence-corrected chi connectivity index (χ3v) is 7.71. The number of rotatable bonds is 10. The van der Waals surface area contributed by atoms with Gasteiger partial charge in [-0.3, -0.25) is 0 Å². The van der Waals surface area contributed by atoms with Crippen molar-refractivity contribution in [2.24, 2.45) is 0 Å². The van der Waals surface area contributed by atoms with Gasteiger partial charge in [0.15, 0.2) is 0 Å². The Labute approximate surface area is 141 Å². The van der Waals surface area contributed by atoms with Gasteiger partial charge in [0.2, 0.25) is 0 Å². The number of hydrogen-bond acceptors (Lipinski definition) is 8. The molecule has 136 valence electrons. The Hall–Kier alpha value is 1.21. The van der Waals surface area contributed by atoms with Crippen molar-refractivity contribution in [2.75, 3.05) is 26.4 Å². The summed E-state index contributed by atoms with van der Waals surface area (Å²) in [4.78, 5) is 21.6. The van der Waals surface area contributed by atoms with Crippen LogP contribution in [0.5, 0.6) is 0 Å². The maximum atomic E-state index is 8.88. The molecule has 0 amide bonds. The van der Waals surface area contributed by atoms with Crippen LogP contribution >= 0.6 is 21.3 Å².